The van der Waals surface area contributed by atoms with Gasteiger partial charge in [-0.1, -0.05) is 17.3 Å². The molecule has 10 heteroatoms. The van der Waals surface area contributed by atoms with Crippen LogP contribution >= 0.6 is 0 Å². The van der Waals surface area contributed by atoms with E-state index in [2.05, 4.69) is 15.6 Å². The summed E-state index contributed by atoms with van der Waals surface area (Å²) in [6.07, 6.45) is -4.43. The zero-order valence-electron chi connectivity index (χ0n) is 16.7. The van der Waals surface area contributed by atoms with Crippen molar-refractivity contribution in [3.8, 4) is 11.3 Å². The lowest BCUT2D eigenvalue weighted by molar-refractivity contribution is -0.137. The van der Waals surface area contributed by atoms with Crippen LogP contribution in [-0.4, -0.2) is 20.8 Å². The highest BCUT2D eigenvalue weighted by atomic mass is 19.4. The zero-order valence-corrected chi connectivity index (χ0v) is 16.7. The molecule has 0 radical (unpaired) electrons. The predicted octanol–water partition coefficient (Wildman–Crippen LogP) is 5.31. The number of hydrogen-bond donors (Lipinski definition) is 1. The maximum absolute atomic E-state index is 13.1. The zero-order chi connectivity index (χ0) is 22.9. The monoisotopic (exact) mass is 444 g/mol. The normalized spacial score (nSPS) is 11.5. The Labute approximate surface area is 179 Å². The fourth-order valence-electron chi connectivity index (χ4n) is 3.06. The Kier molecular flexibility index (Phi) is 5.52. The summed E-state index contributed by atoms with van der Waals surface area (Å²) in [4.78, 5) is 12.5. The third-order valence-corrected chi connectivity index (χ3v) is 4.68. The molecule has 0 aliphatic rings. The van der Waals surface area contributed by atoms with Gasteiger partial charge in [-0.05, 0) is 48.9 Å². The average molecular weight is 444 g/mol. The van der Waals surface area contributed by atoms with Crippen molar-refractivity contribution in [3.63, 3.8) is 0 Å². The van der Waals surface area contributed by atoms with Crippen LogP contribution in [0, 0.1) is 12.7 Å². The topological polar surface area (TPSA) is 73.0 Å². The van der Waals surface area contributed by atoms with Crippen LogP contribution in [0.4, 0.5) is 23.4 Å². The molecule has 0 spiro atoms. The van der Waals surface area contributed by atoms with Crippen LogP contribution in [0.5, 0.6) is 0 Å². The van der Waals surface area contributed by atoms with E-state index in [-0.39, 0.29) is 18.1 Å². The molecular formula is C22H16F4N4O2. The summed E-state index contributed by atoms with van der Waals surface area (Å²) in [6.45, 7) is 1.82. The number of nitrogens with zero attached hydrogens (tertiary/aromatic N) is 3. The molecule has 0 fully saturated rings. The number of rotatable bonds is 5. The minimum Gasteiger partial charge on any atom is -0.355 e. The Morgan fingerprint density at radius 3 is 2.56 bits per heavy atom. The molecular weight excluding hydrogens is 428 g/mol. The van der Waals surface area contributed by atoms with E-state index < -0.39 is 23.5 Å². The van der Waals surface area contributed by atoms with Gasteiger partial charge in [0.05, 0.1) is 12.1 Å². The van der Waals surface area contributed by atoms with E-state index in [4.69, 9.17) is 4.52 Å². The second kappa shape index (κ2) is 8.29. The lowest BCUT2D eigenvalue weighted by Crippen LogP contribution is -2.13. The van der Waals surface area contributed by atoms with Crippen molar-refractivity contribution in [2.45, 2.75) is 19.6 Å². The van der Waals surface area contributed by atoms with Crippen LogP contribution in [0.2, 0.25) is 0 Å². The summed E-state index contributed by atoms with van der Waals surface area (Å²) < 4.78 is 58.4. The highest BCUT2D eigenvalue weighted by Crippen LogP contribution is 2.29. The van der Waals surface area contributed by atoms with Gasteiger partial charge < -0.3 is 9.84 Å². The van der Waals surface area contributed by atoms with Crippen LogP contribution in [0.15, 0.2) is 65.2 Å². The fraction of sp³-hybridized carbons (Fsp3) is 0.136. The van der Waals surface area contributed by atoms with Crippen molar-refractivity contribution in [1.29, 1.82) is 0 Å². The van der Waals surface area contributed by atoms with Crippen LogP contribution in [0.3, 0.4) is 0 Å². The molecule has 0 atom stereocenters. The lowest BCUT2D eigenvalue weighted by Gasteiger charge is -2.09. The Morgan fingerprint density at radius 1 is 1.09 bits per heavy atom. The number of carbonyl (C=O) groups excluding carboxylic acids is 1. The molecule has 6 nitrogen and oxygen atoms in total. The maximum atomic E-state index is 13.1. The first-order chi connectivity index (χ1) is 15.2. The molecule has 164 valence electrons. The molecule has 4 aromatic rings. The van der Waals surface area contributed by atoms with E-state index in [1.807, 2.05) is 0 Å². The van der Waals surface area contributed by atoms with E-state index in [1.54, 1.807) is 19.1 Å². The largest absolute Gasteiger partial charge is 0.416 e. The quantitative estimate of drug-likeness (QED) is 0.424. The number of hydrogen-bond acceptors (Lipinski definition) is 4. The van der Waals surface area contributed by atoms with Gasteiger partial charge in [-0.3, -0.25) is 9.48 Å². The summed E-state index contributed by atoms with van der Waals surface area (Å²) in [7, 11) is 0. The highest BCUT2D eigenvalue weighted by molar-refractivity contribution is 6.02. The first-order valence-electron chi connectivity index (χ1n) is 9.43. The second-order valence-corrected chi connectivity index (χ2v) is 7.06. The molecule has 2 heterocycles. The lowest BCUT2D eigenvalue weighted by atomic mass is 10.1. The molecule has 32 heavy (non-hydrogen) atoms. The number of carbonyl (C=O) groups is 1. The molecule has 0 aliphatic carbocycles. The molecule has 0 bridgehead atoms. The van der Waals surface area contributed by atoms with Crippen LogP contribution in [0.1, 0.15) is 27.3 Å². The van der Waals surface area contributed by atoms with Crippen molar-refractivity contribution >= 4 is 11.7 Å². The third-order valence-electron chi connectivity index (χ3n) is 4.68. The Bertz CT molecular complexity index is 1260. The number of aryl methyl sites for hydroxylation is 1. The number of benzene rings is 2. The average Bonchev–Trinajstić information content (AvgIpc) is 3.36. The van der Waals surface area contributed by atoms with E-state index in [0.717, 1.165) is 12.1 Å². The van der Waals surface area contributed by atoms with Gasteiger partial charge in [-0.15, -0.1) is 0 Å². The van der Waals surface area contributed by atoms with Gasteiger partial charge >= 0.3 is 6.18 Å². The summed E-state index contributed by atoms with van der Waals surface area (Å²) in [5, 5.41) is 10.5. The van der Waals surface area contributed by atoms with Crippen molar-refractivity contribution in [1.82, 2.24) is 14.9 Å². The first-order valence-corrected chi connectivity index (χ1v) is 9.43. The molecule has 1 N–H and O–H groups in total. The summed E-state index contributed by atoms with van der Waals surface area (Å²) in [6, 6.07) is 13.5. The number of amides is 1. The van der Waals surface area contributed by atoms with Crippen molar-refractivity contribution in [2.75, 3.05) is 5.32 Å². The fourth-order valence-corrected chi connectivity index (χ4v) is 3.06. The molecule has 0 aliphatic heterocycles. The van der Waals surface area contributed by atoms with Gasteiger partial charge in [0.25, 0.3) is 5.91 Å². The molecule has 0 unspecified atom stereocenters. The number of alkyl halides is 3. The molecule has 4 rings (SSSR count). The van der Waals surface area contributed by atoms with E-state index >= 15 is 0 Å². The molecule has 0 saturated heterocycles. The Morgan fingerprint density at radius 2 is 1.84 bits per heavy atom. The van der Waals surface area contributed by atoms with Gasteiger partial charge in [-0.25, -0.2) is 4.39 Å². The third kappa shape index (κ3) is 4.69. The molecule has 0 saturated carbocycles. The SMILES string of the molecule is Cc1cc(NC(=O)c2cc(-c3ccc(F)cc3)on2)nn1Cc1cccc(C(F)(F)F)c1. The Hall–Kier alpha value is -3.95. The molecule has 2 aromatic heterocycles. The van der Waals surface area contributed by atoms with Gasteiger partial charge in [-0.2, -0.15) is 18.3 Å². The van der Waals surface area contributed by atoms with Crippen LogP contribution in [0.25, 0.3) is 11.3 Å². The predicted molar refractivity (Wildman–Crippen MR) is 107 cm³/mol. The standard InChI is InChI=1S/C22H16F4N4O2/c1-13-9-20(28-30(13)12-14-3-2-4-16(10-14)22(24,25)26)27-21(31)18-11-19(32-29-18)15-5-7-17(23)8-6-15/h2-11H,12H2,1H3,(H,27,28,31). The van der Waals surface area contributed by atoms with Crippen LogP contribution < -0.4 is 5.32 Å². The van der Waals surface area contributed by atoms with E-state index in [0.29, 0.717) is 22.6 Å². The van der Waals surface area contributed by atoms with E-state index in [9.17, 15) is 22.4 Å². The van der Waals surface area contributed by atoms with Crippen molar-refractivity contribution in [2.24, 2.45) is 0 Å². The molecule has 2 aromatic carbocycles. The maximum Gasteiger partial charge on any atom is 0.416 e. The van der Waals surface area contributed by atoms with E-state index in [1.165, 1.54) is 41.1 Å². The van der Waals surface area contributed by atoms with Crippen LogP contribution in [-0.2, 0) is 12.7 Å². The Balaban J connectivity index is 1.47. The number of anilines is 1. The summed E-state index contributed by atoms with van der Waals surface area (Å²) >= 11 is 0. The van der Waals surface area contributed by atoms with Gasteiger partial charge in [0.15, 0.2) is 17.3 Å². The smallest absolute Gasteiger partial charge is 0.355 e. The number of aromatic nitrogens is 3. The van der Waals surface area contributed by atoms with Gasteiger partial charge in [0.2, 0.25) is 0 Å². The highest BCUT2D eigenvalue weighted by Gasteiger charge is 2.30. The minimum absolute atomic E-state index is 0.00518. The summed E-state index contributed by atoms with van der Waals surface area (Å²) in [5.74, 6) is -0.472. The number of nitrogens with one attached hydrogen (secondary N) is 1. The van der Waals surface area contributed by atoms with Gasteiger partial charge in [0.1, 0.15) is 5.82 Å². The van der Waals surface area contributed by atoms with Gasteiger partial charge in [0, 0.05) is 23.4 Å². The number of halogens is 4. The summed E-state index contributed by atoms with van der Waals surface area (Å²) in [5.41, 5.74) is 0.874. The molecule has 1 amide bonds. The van der Waals surface area contributed by atoms with Crippen molar-refractivity contribution in [3.05, 3.63) is 89.0 Å². The van der Waals surface area contributed by atoms with Crippen molar-refractivity contribution < 1.29 is 26.9 Å². The minimum atomic E-state index is -4.43. The first kappa shape index (κ1) is 21.3. The second-order valence-electron chi connectivity index (χ2n) is 7.06.